The van der Waals surface area contributed by atoms with Gasteiger partial charge < -0.3 is 20.6 Å². The van der Waals surface area contributed by atoms with Gasteiger partial charge in [-0.1, -0.05) is 224 Å². The molecule has 0 radical (unpaired) electrons. The van der Waals surface area contributed by atoms with Gasteiger partial charge in [-0.2, -0.15) is 0 Å². The number of nitrogens with one attached hydrogen (secondary N) is 1. The third kappa shape index (κ3) is 38.8. The van der Waals surface area contributed by atoms with Crippen molar-refractivity contribution in [1.29, 1.82) is 0 Å². The summed E-state index contributed by atoms with van der Waals surface area (Å²) in [7, 11) is 0. The van der Waals surface area contributed by atoms with Crippen LogP contribution in [0.4, 0.5) is 0 Å². The van der Waals surface area contributed by atoms with E-state index in [9.17, 15) is 20.1 Å². The minimum absolute atomic E-state index is 0.376. The second kappa shape index (κ2) is 44.3. The molecule has 0 heterocycles. The summed E-state index contributed by atoms with van der Waals surface area (Å²) in [6.07, 6.45) is 56.4. The number of amides is 1. The Morgan fingerprint density at radius 1 is 0.444 bits per heavy atom. The summed E-state index contributed by atoms with van der Waals surface area (Å²) in [5.41, 5.74) is 0. The summed E-state index contributed by atoms with van der Waals surface area (Å²) in [5.74, 6) is -0.513. The van der Waals surface area contributed by atoms with Crippen LogP contribution in [-0.2, 0) is 4.79 Å². The first-order valence-corrected chi connectivity index (χ1v) is 23.8. The largest absolute Gasteiger partial charge is 0.394 e. The Bertz CT molecular complexity index is 840. The summed E-state index contributed by atoms with van der Waals surface area (Å²) < 4.78 is 0. The predicted octanol–water partition coefficient (Wildman–Crippen LogP) is 13.9. The fourth-order valence-electron chi connectivity index (χ4n) is 7.20. The van der Waals surface area contributed by atoms with Gasteiger partial charge in [-0.25, -0.2) is 0 Å². The predicted molar refractivity (Wildman–Crippen MR) is 236 cm³/mol. The minimum Gasteiger partial charge on any atom is -0.394 e. The highest BCUT2D eigenvalue weighted by Crippen LogP contribution is 2.16. The molecular weight excluding hydrogens is 667 g/mol. The molecule has 0 saturated heterocycles. The molecule has 0 aromatic rings. The fourth-order valence-corrected chi connectivity index (χ4v) is 7.20. The van der Waals surface area contributed by atoms with Gasteiger partial charge in [-0.05, 0) is 57.8 Å². The molecular formula is C49H93NO4. The molecule has 3 atom stereocenters. The number of hydrogen-bond donors (Lipinski definition) is 4. The van der Waals surface area contributed by atoms with Crippen LogP contribution in [0.2, 0.25) is 0 Å². The number of aliphatic hydroxyl groups is 3. The van der Waals surface area contributed by atoms with Crippen molar-refractivity contribution in [3.05, 3.63) is 36.5 Å². The average Bonchev–Trinajstić information content (AvgIpc) is 3.18. The highest BCUT2D eigenvalue weighted by Gasteiger charge is 2.22. The van der Waals surface area contributed by atoms with Crippen molar-refractivity contribution in [2.45, 2.75) is 263 Å². The SMILES string of the molecule is CCCCCCC/C=C/CC/C=C/C(O)C(CO)NC(=O)C(O)CCCCCCCCCCCCCCC/C=C\CCCCCCCCCCCCCC. The first-order valence-electron chi connectivity index (χ1n) is 23.8. The first-order chi connectivity index (χ1) is 26.6. The van der Waals surface area contributed by atoms with Crippen molar-refractivity contribution in [1.82, 2.24) is 5.32 Å². The molecule has 0 bridgehead atoms. The van der Waals surface area contributed by atoms with Crippen LogP contribution in [0, 0.1) is 0 Å². The van der Waals surface area contributed by atoms with E-state index in [0.717, 1.165) is 38.5 Å². The third-order valence-electron chi connectivity index (χ3n) is 11.0. The van der Waals surface area contributed by atoms with Crippen molar-refractivity contribution in [3.8, 4) is 0 Å². The van der Waals surface area contributed by atoms with Crippen LogP contribution in [0.3, 0.4) is 0 Å². The van der Waals surface area contributed by atoms with Crippen LogP contribution < -0.4 is 5.32 Å². The van der Waals surface area contributed by atoms with Gasteiger partial charge in [0.05, 0.1) is 18.8 Å². The number of rotatable bonds is 43. The summed E-state index contributed by atoms with van der Waals surface area (Å²) in [5, 5.41) is 33.0. The van der Waals surface area contributed by atoms with Gasteiger partial charge >= 0.3 is 0 Å². The zero-order valence-electron chi connectivity index (χ0n) is 36.1. The Labute approximate surface area is 336 Å². The van der Waals surface area contributed by atoms with E-state index in [0.29, 0.717) is 6.42 Å². The molecule has 0 aromatic carbocycles. The third-order valence-corrected chi connectivity index (χ3v) is 11.0. The van der Waals surface area contributed by atoms with Gasteiger partial charge in [-0.3, -0.25) is 4.79 Å². The molecule has 4 N–H and O–H groups in total. The first kappa shape index (κ1) is 52.6. The van der Waals surface area contributed by atoms with Crippen molar-refractivity contribution in [2.75, 3.05) is 6.61 Å². The van der Waals surface area contributed by atoms with Crippen LogP contribution in [-0.4, -0.2) is 46.1 Å². The standard InChI is InChI=1S/C49H93NO4/c1-3-5-7-9-11-13-15-16-17-18-19-20-21-22-23-24-25-26-27-28-29-30-31-32-34-36-38-40-42-44-48(53)49(54)50-46(45-51)47(52)43-41-39-37-35-33-14-12-10-8-6-4-2/h22-23,33,35,41,43,46-48,51-53H,3-21,24-32,34,36-40,42,44-45H2,1-2H3,(H,50,54)/b23-22-,35-33+,43-41+. The van der Waals surface area contributed by atoms with Gasteiger partial charge in [0.2, 0.25) is 5.91 Å². The van der Waals surface area contributed by atoms with Gasteiger partial charge in [0, 0.05) is 0 Å². The smallest absolute Gasteiger partial charge is 0.249 e. The molecule has 1 amide bonds. The minimum atomic E-state index is -1.10. The maximum Gasteiger partial charge on any atom is 0.249 e. The van der Waals surface area contributed by atoms with Gasteiger partial charge in [0.1, 0.15) is 6.10 Å². The number of allylic oxidation sites excluding steroid dienone is 5. The van der Waals surface area contributed by atoms with Crippen LogP contribution in [0.25, 0.3) is 0 Å². The lowest BCUT2D eigenvalue weighted by Crippen LogP contribution is -2.48. The number of unbranched alkanes of at least 4 members (excludes halogenated alkanes) is 31. The number of hydrogen-bond acceptors (Lipinski definition) is 4. The van der Waals surface area contributed by atoms with E-state index >= 15 is 0 Å². The molecule has 0 spiro atoms. The molecule has 3 unspecified atom stereocenters. The molecule has 0 aliphatic carbocycles. The van der Waals surface area contributed by atoms with Crippen LogP contribution in [0.15, 0.2) is 36.5 Å². The molecule has 0 rings (SSSR count). The maximum atomic E-state index is 12.4. The number of aliphatic hydroxyl groups excluding tert-OH is 3. The molecule has 54 heavy (non-hydrogen) atoms. The quantitative estimate of drug-likeness (QED) is 0.0368. The van der Waals surface area contributed by atoms with Gasteiger partial charge in [-0.15, -0.1) is 0 Å². The van der Waals surface area contributed by atoms with Gasteiger partial charge in [0.25, 0.3) is 0 Å². The Kier molecular flexibility index (Phi) is 43.1. The van der Waals surface area contributed by atoms with E-state index in [1.54, 1.807) is 6.08 Å². The summed E-state index contributed by atoms with van der Waals surface area (Å²) in [4.78, 5) is 12.4. The molecule has 0 aliphatic rings. The van der Waals surface area contributed by atoms with E-state index in [4.69, 9.17) is 0 Å². The number of carbonyl (C=O) groups is 1. The van der Waals surface area contributed by atoms with Crippen molar-refractivity contribution < 1.29 is 20.1 Å². The molecule has 0 aromatic heterocycles. The van der Waals surface area contributed by atoms with E-state index in [2.05, 4.69) is 43.5 Å². The Morgan fingerprint density at radius 3 is 1.13 bits per heavy atom. The fraction of sp³-hybridized carbons (Fsp3) is 0.857. The highest BCUT2D eigenvalue weighted by molar-refractivity contribution is 5.80. The zero-order valence-corrected chi connectivity index (χ0v) is 36.1. The summed E-state index contributed by atoms with van der Waals surface area (Å²) in [6, 6.07) is -0.812. The molecule has 0 saturated carbocycles. The number of carbonyl (C=O) groups excluding carboxylic acids is 1. The molecule has 5 nitrogen and oxygen atoms in total. The zero-order chi connectivity index (χ0) is 39.4. The van der Waals surface area contributed by atoms with Crippen molar-refractivity contribution in [3.63, 3.8) is 0 Å². The van der Waals surface area contributed by atoms with Crippen LogP contribution >= 0.6 is 0 Å². The molecule has 0 aliphatic heterocycles. The lowest BCUT2D eigenvalue weighted by Gasteiger charge is -2.21. The average molecular weight is 760 g/mol. The van der Waals surface area contributed by atoms with Crippen LogP contribution in [0.1, 0.15) is 245 Å². The van der Waals surface area contributed by atoms with E-state index in [-0.39, 0.29) is 6.61 Å². The van der Waals surface area contributed by atoms with E-state index < -0.39 is 24.2 Å². The molecule has 318 valence electrons. The molecule has 5 heteroatoms. The van der Waals surface area contributed by atoms with Gasteiger partial charge in [0.15, 0.2) is 0 Å². The Balaban J connectivity index is 3.55. The topological polar surface area (TPSA) is 89.8 Å². The van der Waals surface area contributed by atoms with Crippen molar-refractivity contribution in [2.24, 2.45) is 0 Å². The molecule has 0 fully saturated rings. The summed E-state index contributed by atoms with van der Waals surface area (Å²) in [6.45, 7) is 4.15. The van der Waals surface area contributed by atoms with Crippen molar-refractivity contribution >= 4 is 5.91 Å². The highest BCUT2D eigenvalue weighted by atomic mass is 16.3. The summed E-state index contributed by atoms with van der Waals surface area (Å²) >= 11 is 0. The Morgan fingerprint density at radius 2 is 0.759 bits per heavy atom. The van der Waals surface area contributed by atoms with E-state index in [1.165, 1.54) is 186 Å². The monoisotopic (exact) mass is 760 g/mol. The maximum absolute atomic E-state index is 12.4. The van der Waals surface area contributed by atoms with Crippen LogP contribution in [0.5, 0.6) is 0 Å². The lowest BCUT2D eigenvalue weighted by molar-refractivity contribution is -0.131. The normalized spacial score (nSPS) is 13.8. The second-order valence-corrected chi connectivity index (χ2v) is 16.3. The second-order valence-electron chi connectivity index (χ2n) is 16.3. The Hall–Kier alpha value is -1.43. The lowest BCUT2D eigenvalue weighted by atomic mass is 10.0. The van der Waals surface area contributed by atoms with E-state index in [1.807, 2.05) is 6.08 Å².